The van der Waals surface area contributed by atoms with E-state index < -0.39 is 23.6 Å². The van der Waals surface area contributed by atoms with Gasteiger partial charge in [0.05, 0.1) is 16.8 Å². The second-order valence-electron chi connectivity index (χ2n) is 5.26. The number of benzene rings is 2. The minimum Gasteiger partial charge on any atom is -0.459 e. The van der Waals surface area contributed by atoms with Crippen molar-refractivity contribution in [2.45, 2.75) is 0 Å². The van der Waals surface area contributed by atoms with Crippen LogP contribution in [0.4, 0.5) is 8.78 Å². The van der Waals surface area contributed by atoms with Gasteiger partial charge in [-0.15, -0.1) is 0 Å². The molecule has 0 saturated carbocycles. The Balaban J connectivity index is 2.17. The zero-order valence-corrected chi connectivity index (χ0v) is 14.6. The standard InChI is InChI=1S/C20H17F2NO4/c1-3-17(24)26-10-11-27-20(25)14-7-4-6-13(12-14)19(23-2)18-15(21)8-5-9-16(18)22/h3-9,12H,1,10-11H2,2H3. The summed E-state index contributed by atoms with van der Waals surface area (Å²) in [5.74, 6) is -2.81. The number of carbonyl (C=O) groups excluding carboxylic acids is 2. The van der Waals surface area contributed by atoms with Crippen LogP contribution in [0.3, 0.4) is 0 Å². The second-order valence-corrected chi connectivity index (χ2v) is 5.26. The average Bonchev–Trinajstić information content (AvgIpc) is 2.67. The van der Waals surface area contributed by atoms with Crippen LogP contribution >= 0.6 is 0 Å². The molecule has 5 nitrogen and oxygen atoms in total. The fraction of sp³-hybridized carbons (Fsp3) is 0.150. The minimum absolute atomic E-state index is 0.0696. The zero-order valence-electron chi connectivity index (χ0n) is 14.6. The molecular formula is C20H17F2NO4. The maximum Gasteiger partial charge on any atom is 0.338 e. The Labute approximate surface area is 154 Å². The number of carbonyl (C=O) groups is 2. The monoisotopic (exact) mass is 373 g/mol. The van der Waals surface area contributed by atoms with Gasteiger partial charge in [-0.25, -0.2) is 18.4 Å². The lowest BCUT2D eigenvalue weighted by Crippen LogP contribution is -2.14. The molecule has 0 amide bonds. The van der Waals surface area contributed by atoms with Gasteiger partial charge in [-0.3, -0.25) is 4.99 Å². The van der Waals surface area contributed by atoms with E-state index in [4.69, 9.17) is 9.47 Å². The van der Waals surface area contributed by atoms with E-state index in [0.29, 0.717) is 5.56 Å². The van der Waals surface area contributed by atoms with Gasteiger partial charge in [-0.2, -0.15) is 0 Å². The molecule has 2 rings (SSSR count). The van der Waals surface area contributed by atoms with Gasteiger partial charge in [0.1, 0.15) is 24.8 Å². The highest BCUT2D eigenvalue weighted by Crippen LogP contribution is 2.19. The van der Waals surface area contributed by atoms with E-state index in [1.54, 1.807) is 12.1 Å². The largest absolute Gasteiger partial charge is 0.459 e. The Kier molecular flexibility index (Phi) is 6.93. The summed E-state index contributed by atoms with van der Waals surface area (Å²) in [6.45, 7) is 2.99. The van der Waals surface area contributed by atoms with E-state index in [9.17, 15) is 18.4 Å². The summed E-state index contributed by atoms with van der Waals surface area (Å²) in [4.78, 5) is 27.0. The number of rotatable bonds is 7. The van der Waals surface area contributed by atoms with Crippen molar-refractivity contribution >= 4 is 17.7 Å². The summed E-state index contributed by atoms with van der Waals surface area (Å²) in [6.07, 6.45) is 0.999. The highest BCUT2D eigenvalue weighted by Gasteiger charge is 2.18. The summed E-state index contributed by atoms with van der Waals surface area (Å²) in [6, 6.07) is 9.57. The SMILES string of the molecule is C=CC(=O)OCCOC(=O)c1cccc(C(=NC)c2c(F)cccc2F)c1. The van der Waals surface area contributed by atoms with Gasteiger partial charge in [0, 0.05) is 18.7 Å². The normalized spacial score (nSPS) is 11.0. The highest BCUT2D eigenvalue weighted by molar-refractivity contribution is 6.13. The first-order valence-electron chi connectivity index (χ1n) is 7.95. The van der Waals surface area contributed by atoms with Gasteiger partial charge in [0.25, 0.3) is 0 Å². The van der Waals surface area contributed by atoms with Crippen molar-refractivity contribution < 1.29 is 27.8 Å². The third-order valence-electron chi connectivity index (χ3n) is 3.52. The second kappa shape index (κ2) is 9.38. The topological polar surface area (TPSA) is 65.0 Å². The fourth-order valence-electron chi connectivity index (χ4n) is 2.32. The molecule has 0 spiro atoms. The van der Waals surface area contributed by atoms with E-state index in [1.165, 1.54) is 25.2 Å². The van der Waals surface area contributed by atoms with Gasteiger partial charge in [-0.1, -0.05) is 24.8 Å². The molecule has 0 radical (unpaired) electrons. The fourth-order valence-corrected chi connectivity index (χ4v) is 2.32. The van der Waals surface area contributed by atoms with Crippen molar-refractivity contribution in [1.29, 1.82) is 0 Å². The van der Waals surface area contributed by atoms with Gasteiger partial charge in [-0.05, 0) is 24.3 Å². The molecular weight excluding hydrogens is 356 g/mol. The summed E-state index contributed by atoms with van der Waals surface area (Å²) in [5, 5.41) is 0. The molecule has 0 aliphatic heterocycles. The maximum absolute atomic E-state index is 14.1. The number of hydrogen-bond acceptors (Lipinski definition) is 5. The molecule has 0 bridgehead atoms. The van der Waals surface area contributed by atoms with Gasteiger partial charge < -0.3 is 9.47 Å². The van der Waals surface area contributed by atoms with Gasteiger partial charge in [0.15, 0.2) is 0 Å². The Morgan fingerprint density at radius 2 is 1.63 bits per heavy atom. The minimum atomic E-state index is -0.757. The summed E-state index contributed by atoms with van der Waals surface area (Å²) in [7, 11) is 1.40. The zero-order chi connectivity index (χ0) is 19.8. The smallest absolute Gasteiger partial charge is 0.338 e. The van der Waals surface area contributed by atoms with Crippen molar-refractivity contribution in [2.75, 3.05) is 20.3 Å². The van der Waals surface area contributed by atoms with Crippen molar-refractivity contribution in [2.24, 2.45) is 4.99 Å². The van der Waals surface area contributed by atoms with Crippen LogP contribution in [-0.2, 0) is 14.3 Å². The molecule has 0 aliphatic carbocycles. The molecule has 0 aromatic heterocycles. The van der Waals surface area contributed by atoms with Crippen LogP contribution < -0.4 is 0 Å². The Hall–Kier alpha value is -3.35. The van der Waals surface area contributed by atoms with Crippen LogP contribution in [0.25, 0.3) is 0 Å². The molecule has 0 aliphatic rings. The lowest BCUT2D eigenvalue weighted by molar-refractivity contribution is -0.138. The van der Waals surface area contributed by atoms with Gasteiger partial charge >= 0.3 is 11.9 Å². The van der Waals surface area contributed by atoms with Crippen molar-refractivity contribution in [3.63, 3.8) is 0 Å². The Morgan fingerprint density at radius 3 is 2.26 bits per heavy atom. The molecule has 140 valence electrons. The van der Waals surface area contributed by atoms with Crippen LogP contribution in [0.5, 0.6) is 0 Å². The number of aliphatic imine (C=N–C) groups is 1. The highest BCUT2D eigenvalue weighted by atomic mass is 19.1. The predicted octanol–water partition coefficient (Wildman–Crippen LogP) is 3.32. The summed E-state index contributed by atoms with van der Waals surface area (Å²) < 4.78 is 37.9. The first-order valence-corrected chi connectivity index (χ1v) is 7.95. The molecule has 7 heteroatoms. The lowest BCUT2D eigenvalue weighted by Gasteiger charge is -2.10. The van der Waals surface area contributed by atoms with E-state index in [-0.39, 0.29) is 30.1 Å². The third kappa shape index (κ3) is 5.07. The van der Waals surface area contributed by atoms with E-state index in [0.717, 1.165) is 18.2 Å². The average molecular weight is 373 g/mol. The van der Waals surface area contributed by atoms with E-state index in [2.05, 4.69) is 11.6 Å². The number of hydrogen-bond donors (Lipinski definition) is 0. The molecule has 0 N–H and O–H groups in total. The third-order valence-corrected chi connectivity index (χ3v) is 3.52. The number of esters is 2. The number of nitrogens with zero attached hydrogens (tertiary/aromatic N) is 1. The Bertz CT molecular complexity index is 873. The number of ether oxygens (including phenoxy) is 2. The molecule has 2 aromatic rings. The quantitative estimate of drug-likeness (QED) is 0.323. The van der Waals surface area contributed by atoms with Crippen molar-refractivity contribution in [3.8, 4) is 0 Å². The molecule has 0 fully saturated rings. The summed E-state index contributed by atoms with van der Waals surface area (Å²) in [5.41, 5.74) is 0.316. The van der Waals surface area contributed by atoms with Crippen LogP contribution in [0.2, 0.25) is 0 Å². The number of halogens is 2. The molecule has 0 unspecified atom stereocenters. The van der Waals surface area contributed by atoms with Crippen LogP contribution in [0, 0.1) is 11.6 Å². The molecule has 27 heavy (non-hydrogen) atoms. The maximum atomic E-state index is 14.1. The van der Waals surface area contributed by atoms with E-state index >= 15 is 0 Å². The molecule has 0 atom stereocenters. The lowest BCUT2D eigenvalue weighted by atomic mass is 9.99. The molecule has 0 heterocycles. The summed E-state index contributed by atoms with van der Waals surface area (Å²) >= 11 is 0. The Morgan fingerprint density at radius 1 is 1.04 bits per heavy atom. The van der Waals surface area contributed by atoms with E-state index in [1.807, 2.05) is 0 Å². The first-order chi connectivity index (χ1) is 13.0. The van der Waals surface area contributed by atoms with Crippen LogP contribution in [0.15, 0.2) is 60.1 Å². The van der Waals surface area contributed by atoms with Crippen LogP contribution in [-0.4, -0.2) is 37.9 Å². The predicted molar refractivity (Wildman–Crippen MR) is 95.8 cm³/mol. The molecule has 0 saturated heterocycles. The van der Waals surface area contributed by atoms with Crippen molar-refractivity contribution in [1.82, 2.24) is 0 Å². The van der Waals surface area contributed by atoms with Crippen LogP contribution in [0.1, 0.15) is 21.5 Å². The first kappa shape index (κ1) is 20.0. The van der Waals surface area contributed by atoms with Gasteiger partial charge in [0.2, 0.25) is 0 Å². The van der Waals surface area contributed by atoms with Crippen molar-refractivity contribution in [3.05, 3.63) is 83.4 Å². The molecule has 2 aromatic carbocycles.